The molecule has 1 rings (SSSR count). The van der Waals surface area contributed by atoms with Crippen LogP contribution in [0.3, 0.4) is 0 Å². The van der Waals surface area contributed by atoms with Gasteiger partial charge in [-0.3, -0.25) is 14.4 Å². The molecule has 1 unspecified atom stereocenters. The summed E-state index contributed by atoms with van der Waals surface area (Å²) < 4.78 is 5.03. The van der Waals surface area contributed by atoms with E-state index in [1.165, 1.54) is 0 Å². The molecule has 0 aromatic heterocycles. The molecule has 3 N–H and O–H groups in total. The van der Waals surface area contributed by atoms with Crippen LogP contribution in [0.25, 0.3) is 0 Å². The van der Waals surface area contributed by atoms with Crippen molar-refractivity contribution in [1.82, 2.24) is 0 Å². The highest BCUT2D eigenvalue weighted by Gasteiger charge is 2.65. The number of carbonyl (C=O) groups is 3. The first-order valence-electron chi connectivity index (χ1n) is 5.89. The summed E-state index contributed by atoms with van der Waals surface area (Å²) >= 11 is 0. The summed E-state index contributed by atoms with van der Waals surface area (Å²) in [5, 5.41) is 30.0. The van der Waals surface area contributed by atoms with Gasteiger partial charge in [-0.15, -0.1) is 0 Å². The van der Waals surface area contributed by atoms with Crippen LogP contribution in [-0.2, 0) is 19.1 Å². The van der Waals surface area contributed by atoms with Gasteiger partial charge in [0.2, 0.25) is 0 Å². The summed E-state index contributed by atoms with van der Waals surface area (Å²) in [6, 6.07) is 0. The van der Waals surface area contributed by atoms with Gasteiger partial charge >= 0.3 is 0 Å². The highest BCUT2D eigenvalue weighted by molar-refractivity contribution is 6.03. The van der Waals surface area contributed by atoms with E-state index in [9.17, 15) is 29.7 Å². The molecule has 1 heterocycles. The molecule has 0 bridgehead atoms. The van der Waals surface area contributed by atoms with E-state index in [1.807, 2.05) is 0 Å². The molecule has 1 fully saturated rings. The Bertz CT molecular complexity index is 416. The number of ketones is 3. The Morgan fingerprint density at radius 2 is 1.74 bits per heavy atom. The monoisotopic (exact) mass is 274 g/mol. The van der Waals surface area contributed by atoms with Gasteiger partial charge in [-0.05, 0) is 20.8 Å². The van der Waals surface area contributed by atoms with Crippen molar-refractivity contribution in [1.29, 1.82) is 0 Å². The normalized spacial score (nSPS) is 36.6. The van der Waals surface area contributed by atoms with Crippen LogP contribution in [0.4, 0.5) is 0 Å². The highest BCUT2D eigenvalue weighted by atomic mass is 16.5. The predicted molar refractivity (Wildman–Crippen MR) is 62.3 cm³/mol. The quantitative estimate of drug-likeness (QED) is 0.562. The van der Waals surface area contributed by atoms with Gasteiger partial charge in [-0.1, -0.05) is 0 Å². The number of rotatable bonds is 4. The lowest BCUT2D eigenvalue weighted by atomic mass is 9.69. The fourth-order valence-electron chi connectivity index (χ4n) is 2.28. The zero-order valence-corrected chi connectivity index (χ0v) is 11.0. The molecule has 19 heavy (non-hydrogen) atoms. The molecule has 0 saturated carbocycles. The SMILES string of the molecule is CC(=O)[C@@]1(O)CCO[C@H](C(=O)C(C)O)[C@@]1(O)C(C)=O. The number of Topliss-reactive ketones (excluding diaryl/α,β-unsaturated/α-hetero) is 3. The predicted octanol–water partition coefficient (Wildman–Crippen LogP) is -1.63. The summed E-state index contributed by atoms with van der Waals surface area (Å²) in [6.07, 6.45) is -3.57. The standard InChI is InChI=1S/C12H18O7/c1-6(13)9(16)10-12(18,8(3)15)11(17,7(2)14)4-5-19-10/h6,10,13,17-18H,4-5H2,1-3H3/t6?,10-,11+,12+/m1/s1. The minimum absolute atomic E-state index is 0.186. The van der Waals surface area contributed by atoms with Gasteiger partial charge in [0, 0.05) is 6.42 Å². The lowest BCUT2D eigenvalue weighted by Gasteiger charge is -2.47. The first-order chi connectivity index (χ1) is 8.59. The maximum atomic E-state index is 11.8. The Balaban J connectivity index is 3.37. The molecule has 0 aromatic rings. The van der Waals surface area contributed by atoms with Crippen LogP contribution in [0.2, 0.25) is 0 Å². The van der Waals surface area contributed by atoms with Crippen molar-refractivity contribution in [2.45, 2.75) is 50.6 Å². The second-order valence-electron chi connectivity index (χ2n) is 4.82. The highest BCUT2D eigenvalue weighted by Crippen LogP contribution is 2.37. The molecular formula is C12H18O7. The van der Waals surface area contributed by atoms with E-state index in [4.69, 9.17) is 4.74 Å². The molecule has 108 valence electrons. The van der Waals surface area contributed by atoms with Crippen molar-refractivity contribution < 1.29 is 34.4 Å². The van der Waals surface area contributed by atoms with E-state index in [2.05, 4.69) is 0 Å². The molecule has 7 heteroatoms. The van der Waals surface area contributed by atoms with Crippen molar-refractivity contribution in [3.8, 4) is 0 Å². The van der Waals surface area contributed by atoms with E-state index in [0.717, 1.165) is 20.8 Å². The molecule has 4 atom stereocenters. The number of hydrogen-bond donors (Lipinski definition) is 3. The molecule has 1 aliphatic heterocycles. The number of aliphatic hydroxyl groups is 3. The molecule has 0 radical (unpaired) electrons. The summed E-state index contributed by atoms with van der Waals surface area (Å²) in [4.78, 5) is 35.1. The summed E-state index contributed by atoms with van der Waals surface area (Å²) in [5.41, 5.74) is -5.09. The van der Waals surface area contributed by atoms with E-state index >= 15 is 0 Å². The Morgan fingerprint density at radius 1 is 1.21 bits per heavy atom. The van der Waals surface area contributed by atoms with Crippen LogP contribution >= 0.6 is 0 Å². The number of hydrogen-bond acceptors (Lipinski definition) is 7. The maximum Gasteiger partial charge on any atom is 0.193 e. The molecule has 1 saturated heterocycles. The molecular weight excluding hydrogens is 256 g/mol. The molecule has 0 aromatic carbocycles. The van der Waals surface area contributed by atoms with Gasteiger partial charge in [0.1, 0.15) is 6.10 Å². The summed E-state index contributed by atoms with van der Waals surface area (Å²) in [6.45, 7) is 2.93. The Hall–Kier alpha value is -1.15. The van der Waals surface area contributed by atoms with E-state index in [-0.39, 0.29) is 13.0 Å². The first kappa shape index (κ1) is 15.9. The Labute approximate surface area is 110 Å². The molecule has 1 aliphatic rings. The zero-order valence-electron chi connectivity index (χ0n) is 11.0. The van der Waals surface area contributed by atoms with E-state index < -0.39 is 40.8 Å². The van der Waals surface area contributed by atoms with Crippen LogP contribution in [-0.4, -0.2) is 62.7 Å². The zero-order chi connectivity index (χ0) is 15.0. The van der Waals surface area contributed by atoms with Crippen molar-refractivity contribution in [2.75, 3.05) is 6.61 Å². The summed E-state index contributed by atoms with van der Waals surface area (Å²) in [5.74, 6) is -2.77. The smallest absolute Gasteiger partial charge is 0.193 e. The average molecular weight is 274 g/mol. The molecule has 0 spiro atoms. The molecule has 0 amide bonds. The van der Waals surface area contributed by atoms with E-state index in [0.29, 0.717) is 0 Å². The lowest BCUT2D eigenvalue weighted by molar-refractivity contribution is -0.235. The van der Waals surface area contributed by atoms with Crippen LogP contribution < -0.4 is 0 Å². The Morgan fingerprint density at radius 3 is 2.11 bits per heavy atom. The third-order valence-electron chi connectivity index (χ3n) is 3.55. The van der Waals surface area contributed by atoms with Crippen LogP contribution in [0.15, 0.2) is 0 Å². The van der Waals surface area contributed by atoms with E-state index in [1.54, 1.807) is 0 Å². The topological polar surface area (TPSA) is 121 Å². The van der Waals surface area contributed by atoms with Crippen molar-refractivity contribution in [2.24, 2.45) is 0 Å². The average Bonchev–Trinajstić information content (AvgIpc) is 2.31. The number of aliphatic hydroxyl groups excluding tert-OH is 1. The summed E-state index contributed by atoms with van der Waals surface area (Å²) in [7, 11) is 0. The van der Waals surface area contributed by atoms with Gasteiger partial charge < -0.3 is 20.1 Å². The number of carbonyl (C=O) groups excluding carboxylic acids is 3. The lowest BCUT2D eigenvalue weighted by Crippen LogP contribution is -2.73. The fourth-order valence-corrected chi connectivity index (χ4v) is 2.28. The van der Waals surface area contributed by atoms with Crippen molar-refractivity contribution in [3.05, 3.63) is 0 Å². The van der Waals surface area contributed by atoms with Gasteiger partial charge in [0.25, 0.3) is 0 Å². The van der Waals surface area contributed by atoms with Gasteiger partial charge in [0.15, 0.2) is 34.7 Å². The first-order valence-corrected chi connectivity index (χ1v) is 5.89. The third kappa shape index (κ3) is 2.23. The second-order valence-corrected chi connectivity index (χ2v) is 4.82. The molecule has 7 nitrogen and oxygen atoms in total. The molecule has 0 aliphatic carbocycles. The minimum Gasteiger partial charge on any atom is -0.386 e. The maximum absolute atomic E-state index is 11.8. The fraction of sp³-hybridized carbons (Fsp3) is 0.750. The minimum atomic E-state index is -2.69. The second kappa shape index (κ2) is 5.09. The van der Waals surface area contributed by atoms with Crippen molar-refractivity contribution >= 4 is 17.3 Å². The third-order valence-corrected chi connectivity index (χ3v) is 3.55. The van der Waals surface area contributed by atoms with Crippen LogP contribution in [0.1, 0.15) is 27.2 Å². The largest absolute Gasteiger partial charge is 0.386 e. The van der Waals surface area contributed by atoms with Gasteiger partial charge in [0.05, 0.1) is 6.61 Å². The van der Waals surface area contributed by atoms with Crippen LogP contribution in [0, 0.1) is 0 Å². The van der Waals surface area contributed by atoms with Gasteiger partial charge in [-0.2, -0.15) is 0 Å². The van der Waals surface area contributed by atoms with Crippen molar-refractivity contribution in [3.63, 3.8) is 0 Å². The van der Waals surface area contributed by atoms with Crippen LogP contribution in [0.5, 0.6) is 0 Å². The van der Waals surface area contributed by atoms with Gasteiger partial charge in [-0.25, -0.2) is 0 Å². The number of ether oxygens (including phenoxy) is 1. The Kier molecular flexibility index (Phi) is 4.26.